The van der Waals surface area contributed by atoms with Crippen LogP contribution in [-0.2, 0) is 14.3 Å². The molecule has 3 heterocycles. The van der Waals surface area contributed by atoms with Crippen molar-refractivity contribution in [3.05, 3.63) is 54.1 Å². The molecule has 8 nitrogen and oxygen atoms in total. The minimum absolute atomic E-state index is 0.195. The third-order valence-corrected chi connectivity index (χ3v) is 7.75. The zero-order valence-corrected chi connectivity index (χ0v) is 21.6. The summed E-state index contributed by atoms with van der Waals surface area (Å²) < 4.78 is 18.9. The van der Waals surface area contributed by atoms with Gasteiger partial charge in [0.2, 0.25) is 5.91 Å². The number of likely N-dealkylation sites (tertiary alicyclic amines) is 1. The third-order valence-electron chi connectivity index (χ3n) is 6.73. The van der Waals surface area contributed by atoms with E-state index in [4.69, 9.17) is 14.2 Å². The van der Waals surface area contributed by atoms with Gasteiger partial charge in [-0.15, -0.1) is 10.2 Å². The summed E-state index contributed by atoms with van der Waals surface area (Å²) >= 11 is 1.62. The van der Waals surface area contributed by atoms with Gasteiger partial charge in [0, 0.05) is 49.4 Å². The number of amides is 1. The lowest BCUT2D eigenvalue weighted by Gasteiger charge is -2.37. The Hall–Kier alpha value is -2.88. The Morgan fingerprint density at radius 3 is 2.39 bits per heavy atom. The van der Waals surface area contributed by atoms with Gasteiger partial charge in [-0.05, 0) is 37.6 Å². The second-order valence-corrected chi connectivity index (χ2v) is 10.2. The molecule has 2 aliphatic rings. The molecule has 2 saturated heterocycles. The van der Waals surface area contributed by atoms with Crippen LogP contribution in [0.3, 0.4) is 0 Å². The Balaban J connectivity index is 1.23. The van der Waals surface area contributed by atoms with Gasteiger partial charge in [-0.25, -0.2) is 0 Å². The first-order chi connectivity index (χ1) is 17.6. The third kappa shape index (κ3) is 5.43. The van der Waals surface area contributed by atoms with Crippen LogP contribution in [0.15, 0.2) is 53.7 Å². The number of benzene rings is 2. The number of hydrogen-bond donors (Lipinski definition) is 0. The number of carbonyl (C=O) groups excluding carboxylic acids is 1. The zero-order valence-electron chi connectivity index (χ0n) is 20.8. The molecule has 0 radical (unpaired) electrons. The van der Waals surface area contributed by atoms with Crippen LogP contribution in [0.2, 0.25) is 0 Å². The number of thioether (sulfide) groups is 1. The minimum atomic E-state index is -0.451. The highest BCUT2D eigenvalue weighted by Gasteiger charge is 2.40. The summed E-state index contributed by atoms with van der Waals surface area (Å²) in [5.74, 6) is 2.11. The van der Waals surface area contributed by atoms with Crippen LogP contribution in [0.1, 0.15) is 31.2 Å². The van der Waals surface area contributed by atoms with Crippen molar-refractivity contribution in [2.45, 2.75) is 43.6 Å². The van der Waals surface area contributed by atoms with Crippen molar-refractivity contribution in [3.63, 3.8) is 0 Å². The quantitative estimate of drug-likeness (QED) is 0.328. The zero-order chi connectivity index (χ0) is 25.0. The first-order valence-corrected chi connectivity index (χ1v) is 13.4. The molecule has 1 aromatic heterocycles. The van der Waals surface area contributed by atoms with E-state index in [1.54, 1.807) is 18.9 Å². The molecular formula is C27H32N4O4S. The molecule has 2 fully saturated rings. The number of hydrogen-bond acceptors (Lipinski definition) is 7. The normalized spacial score (nSPS) is 17.0. The SMILES string of the molecule is COc1ccc(-n2c(SCCCC(=O)N3CCC4(CC3)OCCO4)nnc2-c2ccc(C)cc2)cc1. The Bertz CT molecular complexity index is 1160. The molecule has 3 aromatic rings. The van der Waals surface area contributed by atoms with E-state index in [2.05, 4.69) is 46.0 Å². The van der Waals surface area contributed by atoms with Gasteiger partial charge in [0.1, 0.15) is 5.75 Å². The fourth-order valence-corrected chi connectivity index (χ4v) is 5.54. The standard InChI is InChI=1S/C27H32N4O4S/c1-20-5-7-21(8-6-20)25-28-29-26(31(25)22-9-11-23(33-2)12-10-22)36-19-3-4-24(32)30-15-13-27(14-16-30)34-17-18-35-27/h5-12H,3-4,13-19H2,1-2H3. The molecule has 2 aromatic carbocycles. The van der Waals surface area contributed by atoms with E-state index >= 15 is 0 Å². The van der Waals surface area contributed by atoms with Crippen molar-refractivity contribution in [1.82, 2.24) is 19.7 Å². The molecule has 1 amide bonds. The number of nitrogens with zero attached hydrogens (tertiary/aromatic N) is 4. The molecule has 0 aliphatic carbocycles. The molecule has 190 valence electrons. The van der Waals surface area contributed by atoms with E-state index in [1.165, 1.54) is 5.56 Å². The number of aryl methyl sites for hydroxylation is 1. The minimum Gasteiger partial charge on any atom is -0.497 e. The summed E-state index contributed by atoms with van der Waals surface area (Å²) in [4.78, 5) is 14.7. The van der Waals surface area contributed by atoms with E-state index in [1.807, 2.05) is 29.2 Å². The molecule has 5 rings (SSSR count). The van der Waals surface area contributed by atoms with Gasteiger partial charge >= 0.3 is 0 Å². The van der Waals surface area contributed by atoms with Crippen LogP contribution >= 0.6 is 11.8 Å². The van der Waals surface area contributed by atoms with Crippen LogP contribution in [0.5, 0.6) is 5.75 Å². The Morgan fingerprint density at radius 1 is 1.03 bits per heavy atom. The van der Waals surface area contributed by atoms with E-state index in [9.17, 15) is 4.79 Å². The number of aromatic nitrogens is 3. The topological polar surface area (TPSA) is 78.7 Å². The number of methoxy groups -OCH3 is 1. The van der Waals surface area contributed by atoms with E-state index < -0.39 is 5.79 Å². The molecule has 0 saturated carbocycles. The van der Waals surface area contributed by atoms with Crippen LogP contribution < -0.4 is 4.74 Å². The summed E-state index contributed by atoms with van der Waals surface area (Å²) in [6.45, 7) is 4.75. The first kappa shape index (κ1) is 24.8. The summed E-state index contributed by atoms with van der Waals surface area (Å²) in [5.41, 5.74) is 3.17. The highest BCUT2D eigenvalue weighted by atomic mass is 32.2. The van der Waals surface area contributed by atoms with E-state index in [-0.39, 0.29) is 5.91 Å². The summed E-state index contributed by atoms with van der Waals surface area (Å²) in [7, 11) is 1.66. The highest BCUT2D eigenvalue weighted by Crippen LogP contribution is 2.32. The van der Waals surface area contributed by atoms with Crippen LogP contribution in [0.4, 0.5) is 0 Å². The molecule has 2 aliphatic heterocycles. The second-order valence-electron chi connectivity index (χ2n) is 9.15. The first-order valence-electron chi connectivity index (χ1n) is 12.4. The number of ether oxygens (including phenoxy) is 3. The molecular weight excluding hydrogens is 476 g/mol. The van der Waals surface area contributed by atoms with Crippen molar-refractivity contribution in [1.29, 1.82) is 0 Å². The van der Waals surface area contributed by atoms with E-state index in [0.29, 0.717) is 32.7 Å². The van der Waals surface area contributed by atoms with Crippen molar-refractivity contribution < 1.29 is 19.0 Å². The van der Waals surface area contributed by atoms with Gasteiger partial charge in [-0.1, -0.05) is 41.6 Å². The van der Waals surface area contributed by atoms with Crippen LogP contribution in [0.25, 0.3) is 17.1 Å². The molecule has 0 bridgehead atoms. The Morgan fingerprint density at radius 2 is 1.72 bits per heavy atom. The van der Waals surface area contributed by atoms with Crippen molar-refractivity contribution in [2.75, 3.05) is 39.2 Å². The predicted molar refractivity (Wildman–Crippen MR) is 138 cm³/mol. The van der Waals surface area contributed by atoms with Crippen molar-refractivity contribution in [2.24, 2.45) is 0 Å². The monoisotopic (exact) mass is 508 g/mol. The fraction of sp³-hybridized carbons (Fsp3) is 0.444. The van der Waals surface area contributed by atoms with Crippen molar-refractivity contribution in [3.8, 4) is 22.8 Å². The van der Waals surface area contributed by atoms with Crippen LogP contribution in [0, 0.1) is 6.92 Å². The molecule has 0 atom stereocenters. The maximum atomic E-state index is 12.8. The molecule has 9 heteroatoms. The van der Waals surface area contributed by atoms with E-state index in [0.717, 1.165) is 53.0 Å². The predicted octanol–water partition coefficient (Wildman–Crippen LogP) is 4.49. The Labute approximate surface area is 215 Å². The maximum absolute atomic E-state index is 12.8. The molecule has 0 N–H and O–H groups in total. The van der Waals surface area contributed by atoms with Gasteiger partial charge in [-0.3, -0.25) is 9.36 Å². The lowest BCUT2D eigenvalue weighted by Crippen LogP contribution is -2.47. The van der Waals surface area contributed by atoms with Gasteiger partial charge in [0.25, 0.3) is 0 Å². The highest BCUT2D eigenvalue weighted by molar-refractivity contribution is 7.99. The van der Waals surface area contributed by atoms with Gasteiger partial charge in [-0.2, -0.15) is 0 Å². The maximum Gasteiger partial charge on any atom is 0.222 e. The lowest BCUT2D eigenvalue weighted by atomic mass is 10.0. The average Bonchev–Trinajstić information content (AvgIpc) is 3.55. The summed E-state index contributed by atoms with van der Waals surface area (Å²) in [6.07, 6.45) is 2.79. The van der Waals surface area contributed by atoms with Crippen LogP contribution in [-0.4, -0.2) is 70.5 Å². The summed E-state index contributed by atoms with van der Waals surface area (Å²) in [5, 5.41) is 9.83. The lowest BCUT2D eigenvalue weighted by molar-refractivity contribution is -0.187. The van der Waals surface area contributed by atoms with Gasteiger partial charge in [0.05, 0.1) is 20.3 Å². The molecule has 36 heavy (non-hydrogen) atoms. The molecule has 0 unspecified atom stereocenters. The Kier molecular flexibility index (Phi) is 7.59. The number of piperidine rings is 1. The second kappa shape index (κ2) is 11.0. The molecule has 1 spiro atoms. The van der Waals surface area contributed by atoms with Gasteiger partial charge < -0.3 is 19.1 Å². The average molecular weight is 509 g/mol. The smallest absolute Gasteiger partial charge is 0.222 e. The van der Waals surface area contributed by atoms with Crippen molar-refractivity contribution >= 4 is 17.7 Å². The van der Waals surface area contributed by atoms with Gasteiger partial charge in [0.15, 0.2) is 16.8 Å². The number of carbonyl (C=O) groups is 1. The largest absolute Gasteiger partial charge is 0.497 e. The summed E-state index contributed by atoms with van der Waals surface area (Å²) in [6, 6.07) is 16.2. The number of rotatable bonds is 8. The fourth-order valence-electron chi connectivity index (χ4n) is 4.64.